The van der Waals surface area contributed by atoms with E-state index in [4.69, 9.17) is 4.74 Å². The number of piperidine rings is 1. The van der Waals surface area contributed by atoms with Crippen LogP contribution < -0.4 is 15.0 Å². The highest BCUT2D eigenvalue weighted by atomic mass is 16.5. The van der Waals surface area contributed by atoms with Gasteiger partial charge < -0.3 is 15.0 Å². The fraction of sp³-hybridized carbons (Fsp3) is 0.625. The summed E-state index contributed by atoms with van der Waals surface area (Å²) < 4.78 is 5.27. The fourth-order valence-electron chi connectivity index (χ4n) is 2.76. The molecule has 0 aliphatic carbocycles. The highest BCUT2D eigenvalue weighted by molar-refractivity contribution is 5.49. The van der Waals surface area contributed by atoms with Gasteiger partial charge in [-0.05, 0) is 56.8 Å². The molecule has 19 heavy (non-hydrogen) atoms. The minimum atomic E-state index is 0.931. The molecule has 106 valence electrons. The second kappa shape index (κ2) is 7.39. The Bertz CT molecular complexity index is 375. The van der Waals surface area contributed by atoms with E-state index in [1.807, 2.05) is 6.07 Å². The van der Waals surface area contributed by atoms with E-state index in [-0.39, 0.29) is 0 Å². The molecule has 1 aromatic carbocycles. The van der Waals surface area contributed by atoms with Gasteiger partial charge in [-0.15, -0.1) is 0 Å². The zero-order valence-corrected chi connectivity index (χ0v) is 12.2. The van der Waals surface area contributed by atoms with Gasteiger partial charge in [-0.1, -0.05) is 6.07 Å². The van der Waals surface area contributed by atoms with Crippen LogP contribution in [0.2, 0.25) is 0 Å². The van der Waals surface area contributed by atoms with Gasteiger partial charge in [0.2, 0.25) is 0 Å². The van der Waals surface area contributed by atoms with Crippen LogP contribution in [0.15, 0.2) is 24.3 Å². The lowest BCUT2D eigenvalue weighted by Crippen LogP contribution is -2.28. The molecule has 1 N–H and O–H groups in total. The molecule has 1 aromatic rings. The standard InChI is InChI=1S/C16H26N2O/c1-18(15-6-3-7-16(13-15)19-2)12-4-5-14-8-10-17-11-9-14/h3,6-7,13-14,17H,4-5,8-12H2,1-2H3. The summed E-state index contributed by atoms with van der Waals surface area (Å²) in [6.07, 6.45) is 5.33. The summed E-state index contributed by atoms with van der Waals surface area (Å²) >= 11 is 0. The van der Waals surface area contributed by atoms with Crippen molar-refractivity contribution in [1.29, 1.82) is 0 Å². The summed E-state index contributed by atoms with van der Waals surface area (Å²) in [5.74, 6) is 1.86. The summed E-state index contributed by atoms with van der Waals surface area (Å²) in [5, 5.41) is 3.43. The molecule has 3 nitrogen and oxygen atoms in total. The van der Waals surface area contributed by atoms with Crippen molar-refractivity contribution < 1.29 is 4.74 Å². The molecule has 0 saturated carbocycles. The Labute approximate surface area is 116 Å². The van der Waals surface area contributed by atoms with E-state index < -0.39 is 0 Å². The second-order valence-electron chi connectivity index (χ2n) is 5.46. The average Bonchev–Trinajstić information content (AvgIpc) is 2.48. The van der Waals surface area contributed by atoms with Gasteiger partial charge in [0, 0.05) is 25.3 Å². The van der Waals surface area contributed by atoms with Crippen LogP contribution in [0, 0.1) is 5.92 Å². The molecule has 0 atom stereocenters. The van der Waals surface area contributed by atoms with E-state index in [1.54, 1.807) is 7.11 Å². The first-order valence-corrected chi connectivity index (χ1v) is 7.35. The van der Waals surface area contributed by atoms with Crippen molar-refractivity contribution >= 4 is 5.69 Å². The highest BCUT2D eigenvalue weighted by Gasteiger charge is 2.12. The Kier molecular flexibility index (Phi) is 5.52. The average molecular weight is 262 g/mol. The number of rotatable bonds is 6. The van der Waals surface area contributed by atoms with E-state index in [1.165, 1.54) is 44.5 Å². The fourth-order valence-corrected chi connectivity index (χ4v) is 2.76. The van der Waals surface area contributed by atoms with Gasteiger partial charge in [0.1, 0.15) is 5.75 Å². The van der Waals surface area contributed by atoms with Gasteiger partial charge in [0.25, 0.3) is 0 Å². The lowest BCUT2D eigenvalue weighted by atomic mass is 9.93. The molecule has 1 saturated heterocycles. The molecule has 0 amide bonds. The highest BCUT2D eigenvalue weighted by Crippen LogP contribution is 2.22. The maximum atomic E-state index is 5.27. The smallest absolute Gasteiger partial charge is 0.120 e. The number of hydrogen-bond acceptors (Lipinski definition) is 3. The number of nitrogens with zero attached hydrogens (tertiary/aromatic N) is 1. The molecule has 1 fully saturated rings. The zero-order chi connectivity index (χ0) is 13.5. The Hall–Kier alpha value is -1.22. The summed E-state index contributed by atoms with van der Waals surface area (Å²) in [6.45, 7) is 3.53. The number of nitrogens with one attached hydrogen (secondary N) is 1. The molecular weight excluding hydrogens is 236 g/mol. The first-order valence-electron chi connectivity index (χ1n) is 7.35. The molecule has 0 bridgehead atoms. The third kappa shape index (κ3) is 4.43. The van der Waals surface area contributed by atoms with Crippen LogP contribution in [-0.4, -0.2) is 33.8 Å². The van der Waals surface area contributed by atoms with Crippen molar-refractivity contribution in [1.82, 2.24) is 5.32 Å². The Morgan fingerprint density at radius 2 is 2.11 bits per heavy atom. The predicted molar refractivity (Wildman–Crippen MR) is 81.1 cm³/mol. The molecule has 2 rings (SSSR count). The number of benzene rings is 1. The van der Waals surface area contributed by atoms with Crippen LogP contribution in [0.5, 0.6) is 5.75 Å². The Balaban J connectivity index is 1.75. The van der Waals surface area contributed by atoms with Gasteiger partial charge in [-0.2, -0.15) is 0 Å². The van der Waals surface area contributed by atoms with Gasteiger partial charge in [0.15, 0.2) is 0 Å². The molecule has 1 aliphatic rings. The monoisotopic (exact) mass is 262 g/mol. The van der Waals surface area contributed by atoms with Crippen molar-refractivity contribution in [3.8, 4) is 5.75 Å². The molecular formula is C16H26N2O. The summed E-state index contributed by atoms with van der Waals surface area (Å²) in [5.41, 5.74) is 1.24. The minimum Gasteiger partial charge on any atom is -0.497 e. The Morgan fingerprint density at radius 3 is 2.84 bits per heavy atom. The molecule has 0 radical (unpaired) electrons. The first-order chi connectivity index (χ1) is 9.29. The van der Waals surface area contributed by atoms with Crippen molar-refractivity contribution in [2.45, 2.75) is 25.7 Å². The van der Waals surface area contributed by atoms with Crippen LogP contribution in [0.25, 0.3) is 0 Å². The van der Waals surface area contributed by atoms with Crippen molar-refractivity contribution in [3.63, 3.8) is 0 Å². The Morgan fingerprint density at radius 1 is 1.32 bits per heavy atom. The lowest BCUT2D eigenvalue weighted by Gasteiger charge is -2.24. The summed E-state index contributed by atoms with van der Waals surface area (Å²) in [7, 11) is 3.88. The minimum absolute atomic E-state index is 0.931. The van der Waals surface area contributed by atoms with E-state index >= 15 is 0 Å². The predicted octanol–water partition coefficient (Wildman–Crippen LogP) is 2.91. The SMILES string of the molecule is COc1cccc(N(C)CCCC2CCNCC2)c1. The van der Waals surface area contributed by atoms with Crippen LogP contribution in [0.1, 0.15) is 25.7 Å². The third-order valence-electron chi connectivity index (χ3n) is 4.06. The van der Waals surface area contributed by atoms with Crippen LogP contribution in [-0.2, 0) is 0 Å². The van der Waals surface area contributed by atoms with E-state index in [0.29, 0.717) is 0 Å². The normalized spacial score (nSPS) is 16.3. The number of hydrogen-bond donors (Lipinski definition) is 1. The summed E-state index contributed by atoms with van der Waals surface area (Å²) in [6, 6.07) is 8.29. The molecule has 0 unspecified atom stereocenters. The molecule has 1 heterocycles. The maximum Gasteiger partial charge on any atom is 0.120 e. The zero-order valence-electron chi connectivity index (χ0n) is 12.2. The van der Waals surface area contributed by atoms with Crippen LogP contribution >= 0.6 is 0 Å². The van der Waals surface area contributed by atoms with Crippen LogP contribution in [0.4, 0.5) is 5.69 Å². The number of anilines is 1. The second-order valence-corrected chi connectivity index (χ2v) is 5.46. The van der Waals surface area contributed by atoms with Crippen molar-refractivity contribution in [2.24, 2.45) is 5.92 Å². The molecule has 0 aromatic heterocycles. The first kappa shape index (κ1) is 14.2. The molecule has 3 heteroatoms. The molecule has 1 aliphatic heterocycles. The molecule has 0 spiro atoms. The van der Waals surface area contributed by atoms with Gasteiger partial charge >= 0.3 is 0 Å². The van der Waals surface area contributed by atoms with Gasteiger partial charge in [-0.25, -0.2) is 0 Å². The van der Waals surface area contributed by atoms with Gasteiger partial charge in [-0.3, -0.25) is 0 Å². The van der Waals surface area contributed by atoms with E-state index in [0.717, 1.165) is 18.2 Å². The van der Waals surface area contributed by atoms with Crippen molar-refractivity contribution in [3.05, 3.63) is 24.3 Å². The number of ether oxygens (including phenoxy) is 1. The summed E-state index contributed by atoms with van der Waals surface area (Å²) in [4.78, 5) is 2.32. The lowest BCUT2D eigenvalue weighted by molar-refractivity contribution is 0.348. The largest absolute Gasteiger partial charge is 0.497 e. The number of methoxy groups -OCH3 is 1. The maximum absolute atomic E-state index is 5.27. The van der Waals surface area contributed by atoms with Gasteiger partial charge in [0.05, 0.1) is 7.11 Å². The topological polar surface area (TPSA) is 24.5 Å². The van der Waals surface area contributed by atoms with Crippen molar-refractivity contribution in [2.75, 3.05) is 38.7 Å². The third-order valence-corrected chi connectivity index (χ3v) is 4.06. The van der Waals surface area contributed by atoms with Crippen LogP contribution in [0.3, 0.4) is 0 Å². The van der Waals surface area contributed by atoms with E-state index in [2.05, 4.69) is 35.5 Å². The van der Waals surface area contributed by atoms with E-state index in [9.17, 15) is 0 Å². The quantitative estimate of drug-likeness (QED) is 0.853.